The molecular formula is C26H37N3O4. The van der Waals surface area contributed by atoms with Gasteiger partial charge in [0, 0.05) is 12.1 Å². The van der Waals surface area contributed by atoms with Crippen LogP contribution in [0.2, 0.25) is 0 Å². The Balaban J connectivity index is 3.41. The lowest BCUT2D eigenvalue weighted by Crippen LogP contribution is -2.52. The Morgan fingerprint density at radius 3 is 2.30 bits per heavy atom. The number of nitrogens with zero attached hydrogens (tertiary/aromatic N) is 1. The molecular weight excluding hydrogens is 418 g/mol. The van der Waals surface area contributed by atoms with Crippen molar-refractivity contribution >= 4 is 24.0 Å². The summed E-state index contributed by atoms with van der Waals surface area (Å²) in [6.45, 7) is 16.5. The lowest BCUT2D eigenvalue weighted by molar-refractivity contribution is -0.139. The molecule has 0 aliphatic rings. The molecule has 0 aliphatic heterocycles. The standard InChI is InChI=1S/C26H37N3O4/c1-10-19-13-12-14-20(16-19)22(23(30)27-18(5)6)29(11-2)24(31)21(15-17(3)4)28-25(32)33-26(7,8)9/h2,10,12-14,16-18,21-22H,1,15H2,3-9H3,(H,27,30)(H,28,32). The van der Waals surface area contributed by atoms with Crippen LogP contribution in [0.15, 0.2) is 30.8 Å². The highest BCUT2D eigenvalue weighted by atomic mass is 16.6. The Kier molecular flexibility index (Phi) is 10.2. The summed E-state index contributed by atoms with van der Waals surface area (Å²) in [6.07, 6.45) is 7.00. The number of alkyl carbamates (subject to hydrolysis) is 1. The summed E-state index contributed by atoms with van der Waals surface area (Å²) in [4.78, 5) is 40.2. The third kappa shape index (κ3) is 9.01. The molecule has 2 unspecified atom stereocenters. The Labute approximate surface area is 197 Å². The molecule has 180 valence electrons. The average Bonchev–Trinajstić information content (AvgIpc) is 2.68. The number of hydrogen-bond acceptors (Lipinski definition) is 4. The minimum Gasteiger partial charge on any atom is -0.444 e. The molecule has 0 bridgehead atoms. The van der Waals surface area contributed by atoms with Crippen molar-refractivity contribution in [2.45, 2.75) is 78.6 Å². The molecule has 7 nitrogen and oxygen atoms in total. The minimum absolute atomic E-state index is 0.0699. The lowest BCUT2D eigenvalue weighted by Gasteiger charge is -2.31. The second-order valence-electron chi connectivity index (χ2n) is 9.61. The van der Waals surface area contributed by atoms with Gasteiger partial charge in [-0.3, -0.25) is 14.5 Å². The van der Waals surface area contributed by atoms with Crippen LogP contribution < -0.4 is 10.6 Å². The molecule has 1 aromatic rings. The first kappa shape index (κ1) is 27.8. The largest absolute Gasteiger partial charge is 0.444 e. The summed E-state index contributed by atoms with van der Waals surface area (Å²) in [6, 6.07) is 7.25. The molecule has 0 heterocycles. The van der Waals surface area contributed by atoms with Gasteiger partial charge < -0.3 is 15.4 Å². The van der Waals surface area contributed by atoms with E-state index >= 15 is 0 Å². The van der Waals surface area contributed by atoms with Gasteiger partial charge >= 0.3 is 6.09 Å². The third-order valence-electron chi connectivity index (χ3n) is 4.47. The smallest absolute Gasteiger partial charge is 0.408 e. The van der Waals surface area contributed by atoms with Gasteiger partial charge in [-0.15, -0.1) is 0 Å². The molecule has 0 saturated heterocycles. The van der Waals surface area contributed by atoms with E-state index in [0.29, 0.717) is 12.0 Å². The molecule has 1 rings (SSSR count). The fourth-order valence-corrected chi connectivity index (χ4v) is 3.21. The van der Waals surface area contributed by atoms with Gasteiger partial charge in [-0.2, -0.15) is 0 Å². The van der Waals surface area contributed by atoms with Crippen LogP contribution in [-0.4, -0.2) is 40.5 Å². The number of carbonyl (C=O) groups is 3. The molecule has 0 fully saturated rings. The first-order valence-corrected chi connectivity index (χ1v) is 11.1. The number of terminal acetylenes is 1. The molecule has 1 aromatic carbocycles. The number of nitrogens with one attached hydrogen (secondary N) is 2. The Morgan fingerprint density at radius 1 is 1.18 bits per heavy atom. The summed E-state index contributed by atoms with van der Waals surface area (Å²) >= 11 is 0. The summed E-state index contributed by atoms with van der Waals surface area (Å²) in [7, 11) is 0. The zero-order valence-corrected chi connectivity index (χ0v) is 20.8. The van der Waals surface area contributed by atoms with E-state index in [-0.39, 0.29) is 12.0 Å². The molecule has 0 aromatic heterocycles. The highest BCUT2D eigenvalue weighted by Crippen LogP contribution is 2.24. The molecule has 0 saturated carbocycles. The predicted octanol–water partition coefficient (Wildman–Crippen LogP) is 4.25. The first-order chi connectivity index (χ1) is 15.3. The quantitative estimate of drug-likeness (QED) is 0.430. The molecule has 0 spiro atoms. The molecule has 0 aliphatic carbocycles. The molecule has 0 radical (unpaired) electrons. The average molecular weight is 456 g/mol. The molecule has 7 heteroatoms. The summed E-state index contributed by atoms with van der Waals surface area (Å²) < 4.78 is 5.33. The number of rotatable bonds is 9. The zero-order chi connectivity index (χ0) is 25.3. The van der Waals surface area contributed by atoms with Crippen molar-refractivity contribution in [3.05, 3.63) is 42.0 Å². The van der Waals surface area contributed by atoms with Gasteiger partial charge in [0.2, 0.25) is 5.91 Å². The predicted molar refractivity (Wildman–Crippen MR) is 131 cm³/mol. The maximum absolute atomic E-state index is 13.6. The molecule has 33 heavy (non-hydrogen) atoms. The number of carbonyl (C=O) groups excluding carboxylic acids is 3. The van der Waals surface area contributed by atoms with E-state index in [1.54, 1.807) is 45.0 Å². The van der Waals surface area contributed by atoms with E-state index in [4.69, 9.17) is 11.2 Å². The van der Waals surface area contributed by atoms with E-state index in [1.807, 2.05) is 33.8 Å². The van der Waals surface area contributed by atoms with Crippen LogP contribution in [0.4, 0.5) is 4.79 Å². The van der Waals surface area contributed by atoms with Crippen LogP contribution in [0, 0.1) is 18.4 Å². The zero-order valence-electron chi connectivity index (χ0n) is 20.8. The van der Waals surface area contributed by atoms with Crippen LogP contribution >= 0.6 is 0 Å². The molecule has 2 atom stereocenters. The Morgan fingerprint density at radius 2 is 1.82 bits per heavy atom. The van der Waals surface area contributed by atoms with Crippen molar-refractivity contribution in [3.63, 3.8) is 0 Å². The Hall–Kier alpha value is -3.27. The SMILES string of the molecule is C#CN(C(=O)C(CC(C)C)NC(=O)OC(C)(C)C)C(C(=O)NC(C)C)c1cccc(C=C)c1. The first-order valence-electron chi connectivity index (χ1n) is 11.1. The monoisotopic (exact) mass is 455 g/mol. The van der Waals surface area contributed by atoms with Gasteiger partial charge in [0.15, 0.2) is 0 Å². The van der Waals surface area contributed by atoms with Crippen molar-refractivity contribution in [2.75, 3.05) is 0 Å². The van der Waals surface area contributed by atoms with Crippen molar-refractivity contribution in [1.29, 1.82) is 0 Å². The van der Waals surface area contributed by atoms with Gasteiger partial charge in [-0.05, 0) is 64.2 Å². The van der Waals surface area contributed by atoms with Crippen molar-refractivity contribution in [1.82, 2.24) is 15.5 Å². The normalized spacial score (nSPS) is 13.0. The van der Waals surface area contributed by atoms with E-state index in [1.165, 1.54) is 0 Å². The van der Waals surface area contributed by atoms with Gasteiger partial charge in [0.25, 0.3) is 5.91 Å². The fraction of sp³-hybridized carbons (Fsp3) is 0.500. The lowest BCUT2D eigenvalue weighted by atomic mass is 9.98. The number of amides is 3. The van der Waals surface area contributed by atoms with Gasteiger partial charge in [0.05, 0.1) is 0 Å². The summed E-state index contributed by atoms with van der Waals surface area (Å²) in [5.74, 6) is -0.913. The second-order valence-corrected chi connectivity index (χ2v) is 9.61. The van der Waals surface area contributed by atoms with E-state index in [2.05, 4.69) is 23.3 Å². The van der Waals surface area contributed by atoms with Gasteiger partial charge in [0.1, 0.15) is 17.7 Å². The van der Waals surface area contributed by atoms with Crippen molar-refractivity contribution < 1.29 is 19.1 Å². The topological polar surface area (TPSA) is 87.7 Å². The minimum atomic E-state index is -1.08. The van der Waals surface area contributed by atoms with Crippen LogP contribution in [0.25, 0.3) is 6.08 Å². The number of ether oxygens (including phenoxy) is 1. The van der Waals surface area contributed by atoms with Crippen molar-refractivity contribution in [3.8, 4) is 12.5 Å². The summed E-state index contributed by atoms with van der Waals surface area (Å²) in [5, 5.41) is 5.47. The highest BCUT2D eigenvalue weighted by molar-refractivity contribution is 5.93. The number of hydrogen-bond donors (Lipinski definition) is 2. The Bertz CT molecular complexity index is 894. The second kappa shape index (κ2) is 12.1. The maximum atomic E-state index is 13.6. The highest BCUT2D eigenvalue weighted by Gasteiger charge is 2.36. The van der Waals surface area contributed by atoms with E-state index in [0.717, 1.165) is 10.5 Å². The molecule has 2 N–H and O–H groups in total. The molecule has 3 amide bonds. The van der Waals surface area contributed by atoms with E-state index in [9.17, 15) is 14.4 Å². The third-order valence-corrected chi connectivity index (χ3v) is 4.47. The maximum Gasteiger partial charge on any atom is 0.408 e. The van der Waals surface area contributed by atoms with Gasteiger partial charge in [-0.1, -0.05) is 51.1 Å². The van der Waals surface area contributed by atoms with Crippen LogP contribution in [0.1, 0.15) is 72.1 Å². The van der Waals surface area contributed by atoms with Crippen LogP contribution in [-0.2, 0) is 14.3 Å². The van der Waals surface area contributed by atoms with Crippen LogP contribution in [0.3, 0.4) is 0 Å². The van der Waals surface area contributed by atoms with Crippen LogP contribution in [0.5, 0.6) is 0 Å². The fourth-order valence-electron chi connectivity index (χ4n) is 3.21. The van der Waals surface area contributed by atoms with Crippen molar-refractivity contribution in [2.24, 2.45) is 5.92 Å². The summed E-state index contributed by atoms with van der Waals surface area (Å²) in [5.41, 5.74) is 0.592. The number of benzene rings is 1. The van der Waals surface area contributed by atoms with E-state index < -0.39 is 35.6 Å². The van der Waals surface area contributed by atoms with Gasteiger partial charge in [-0.25, -0.2) is 4.79 Å².